The first-order valence-electron chi connectivity index (χ1n) is 7.43. The summed E-state index contributed by atoms with van der Waals surface area (Å²) in [6.07, 6.45) is 0.843. The second kappa shape index (κ2) is 6.06. The van der Waals surface area contributed by atoms with Crippen molar-refractivity contribution in [2.24, 2.45) is 0 Å². The Balaban J connectivity index is 1.95. The van der Waals surface area contributed by atoms with E-state index in [0.29, 0.717) is 11.3 Å². The Morgan fingerprint density at radius 3 is 2.59 bits per heavy atom. The first-order chi connectivity index (χ1) is 10.7. The highest BCUT2D eigenvalue weighted by atomic mass is 16.5. The molecule has 0 aliphatic carbocycles. The lowest BCUT2D eigenvalue weighted by atomic mass is 10.1. The third kappa shape index (κ3) is 2.89. The molecule has 22 heavy (non-hydrogen) atoms. The Hall–Kier alpha value is -2.55. The molecule has 0 aliphatic rings. The third-order valence-corrected chi connectivity index (χ3v) is 3.74. The molecule has 3 aromatic rings. The van der Waals surface area contributed by atoms with Gasteiger partial charge in [-0.3, -0.25) is 0 Å². The highest BCUT2D eigenvalue weighted by Crippen LogP contribution is 2.28. The molecule has 3 rings (SSSR count). The summed E-state index contributed by atoms with van der Waals surface area (Å²) in [5, 5.41) is 0.930. The number of hydrogen-bond acceptors (Lipinski definition) is 3. The van der Waals surface area contributed by atoms with Gasteiger partial charge in [0.05, 0.1) is 0 Å². The fourth-order valence-electron chi connectivity index (χ4n) is 2.60. The molecule has 0 fully saturated rings. The molecule has 112 valence electrons. The molecule has 1 atom stereocenters. The molecule has 0 amide bonds. The predicted octanol–water partition coefficient (Wildman–Crippen LogP) is 4.63. The quantitative estimate of drug-likeness (QED) is 0.658. The standard InChI is InChI=1S/C19H18O3/c1-3-17(14-7-5-4-6-8-14)21-15-9-10-16-13(2)11-19(20)22-18(16)12-15/h4-12,17H,3H2,1-2H3. The smallest absolute Gasteiger partial charge is 0.336 e. The molecule has 0 N–H and O–H groups in total. The third-order valence-electron chi connectivity index (χ3n) is 3.74. The van der Waals surface area contributed by atoms with Crippen LogP contribution in [0.1, 0.15) is 30.6 Å². The zero-order valence-electron chi connectivity index (χ0n) is 12.7. The second-order valence-corrected chi connectivity index (χ2v) is 5.33. The highest BCUT2D eigenvalue weighted by molar-refractivity contribution is 5.81. The Morgan fingerprint density at radius 1 is 1.09 bits per heavy atom. The molecule has 0 saturated carbocycles. The number of ether oxygens (including phenoxy) is 1. The molecule has 3 heteroatoms. The van der Waals surface area contributed by atoms with Crippen LogP contribution in [0.25, 0.3) is 11.0 Å². The summed E-state index contributed by atoms with van der Waals surface area (Å²) < 4.78 is 11.3. The maximum Gasteiger partial charge on any atom is 0.336 e. The molecule has 1 heterocycles. The monoisotopic (exact) mass is 294 g/mol. The normalized spacial score (nSPS) is 12.3. The van der Waals surface area contributed by atoms with Gasteiger partial charge in [-0.25, -0.2) is 4.79 Å². The zero-order valence-corrected chi connectivity index (χ0v) is 12.7. The van der Waals surface area contributed by atoms with Gasteiger partial charge in [0.15, 0.2) is 0 Å². The number of aryl methyl sites for hydroxylation is 1. The van der Waals surface area contributed by atoms with Crippen molar-refractivity contribution in [2.45, 2.75) is 26.4 Å². The second-order valence-electron chi connectivity index (χ2n) is 5.33. The van der Waals surface area contributed by atoms with Crippen LogP contribution in [0.2, 0.25) is 0 Å². The van der Waals surface area contributed by atoms with Gasteiger partial charge in [-0.05, 0) is 36.6 Å². The molecule has 0 saturated heterocycles. The minimum atomic E-state index is -0.336. The molecule has 1 unspecified atom stereocenters. The van der Waals surface area contributed by atoms with E-state index in [1.54, 1.807) is 6.07 Å². The van der Waals surface area contributed by atoms with Crippen LogP contribution in [0, 0.1) is 6.92 Å². The summed E-state index contributed by atoms with van der Waals surface area (Å²) in [7, 11) is 0. The van der Waals surface area contributed by atoms with Crippen molar-refractivity contribution in [1.29, 1.82) is 0 Å². The van der Waals surface area contributed by atoms with Gasteiger partial charge in [0.25, 0.3) is 0 Å². The van der Waals surface area contributed by atoms with Crippen molar-refractivity contribution >= 4 is 11.0 Å². The first kappa shape index (κ1) is 14.4. The molecule has 0 aliphatic heterocycles. The van der Waals surface area contributed by atoms with Gasteiger partial charge >= 0.3 is 5.63 Å². The van der Waals surface area contributed by atoms with Crippen molar-refractivity contribution in [3.63, 3.8) is 0 Å². The summed E-state index contributed by atoms with van der Waals surface area (Å²) in [6, 6.07) is 17.2. The topological polar surface area (TPSA) is 39.4 Å². The summed E-state index contributed by atoms with van der Waals surface area (Å²) in [5.41, 5.74) is 2.27. The average Bonchev–Trinajstić information content (AvgIpc) is 2.53. The number of fused-ring (bicyclic) bond motifs is 1. The van der Waals surface area contributed by atoms with Gasteiger partial charge in [-0.15, -0.1) is 0 Å². The molecule has 0 radical (unpaired) electrons. The average molecular weight is 294 g/mol. The van der Waals surface area contributed by atoms with Gasteiger partial charge in [0.2, 0.25) is 0 Å². The predicted molar refractivity (Wildman–Crippen MR) is 87.3 cm³/mol. The number of rotatable bonds is 4. The van der Waals surface area contributed by atoms with E-state index in [1.807, 2.05) is 37.3 Å². The minimum absolute atomic E-state index is 0.0184. The largest absolute Gasteiger partial charge is 0.486 e. The Morgan fingerprint density at radius 2 is 1.86 bits per heavy atom. The van der Waals surface area contributed by atoms with E-state index in [1.165, 1.54) is 6.07 Å². The molecule has 0 spiro atoms. The maximum absolute atomic E-state index is 11.5. The fourth-order valence-corrected chi connectivity index (χ4v) is 2.60. The van der Waals surface area contributed by atoms with E-state index in [2.05, 4.69) is 19.1 Å². The van der Waals surface area contributed by atoms with Crippen LogP contribution in [-0.4, -0.2) is 0 Å². The van der Waals surface area contributed by atoms with Crippen molar-refractivity contribution in [3.05, 3.63) is 76.1 Å². The number of hydrogen-bond donors (Lipinski definition) is 0. The van der Waals surface area contributed by atoms with Crippen LogP contribution in [0.5, 0.6) is 5.75 Å². The zero-order chi connectivity index (χ0) is 15.5. The molecular weight excluding hydrogens is 276 g/mol. The van der Waals surface area contributed by atoms with Crippen LogP contribution in [0.15, 0.2) is 63.8 Å². The molecule has 3 nitrogen and oxygen atoms in total. The van der Waals surface area contributed by atoms with E-state index in [4.69, 9.17) is 9.15 Å². The van der Waals surface area contributed by atoms with Crippen LogP contribution in [0.3, 0.4) is 0 Å². The van der Waals surface area contributed by atoms with Crippen molar-refractivity contribution in [3.8, 4) is 5.75 Å². The lowest BCUT2D eigenvalue weighted by molar-refractivity contribution is 0.201. The summed E-state index contributed by atoms with van der Waals surface area (Å²) in [6.45, 7) is 3.99. The van der Waals surface area contributed by atoms with E-state index >= 15 is 0 Å². The molecular formula is C19H18O3. The maximum atomic E-state index is 11.5. The van der Waals surface area contributed by atoms with E-state index in [-0.39, 0.29) is 11.7 Å². The van der Waals surface area contributed by atoms with Crippen LogP contribution >= 0.6 is 0 Å². The molecule has 2 aromatic carbocycles. The van der Waals surface area contributed by atoms with Crippen LogP contribution < -0.4 is 10.4 Å². The SMILES string of the molecule is CCC(Oc1ccc2c(C)cc(=O)oc2c1)c1ccccc1. The van der Waals surface area contributed by atoms with Gasteiger partial charge < -0.3 is 9.15 Å². The van der Waals surface area contributed by atoms with Gasteiger partial charge in [0, 0.05) is 17.5 Å². The fraction of sp³-hybridized carbons (Fsp3) is 0.211. The first-order valence-corrected chi connectivity index (χ1v) is 7.43. The van der Waals surface area contributed by atoms with Crippen molar-refractivity contribution in [2.75, 3.05) is 0 Å². The van der Waals surface area contributed by atoms with Crippen molar-refractivity contribution < 1.29 is 9.15 Å². The van der Waals surface area contributed by atoms with Crippen LogP contribution in [0.4, 0.5) is 0 Å². The van der Waals surface area contributed by atoms with E-state index in [0.717, 1.165) is 22.9 Å². The Labute approximate surface area is 129 Å². The minimum Gasteiger partial charge on any atom is -0.486 e. The molecule has 1 aromatic heterocycles. The van der Waals surface area contributed by atoms with E-state index in [9.17, 15) is 4.79 Å². The Bertz CT molecular complexity index is 834. The summed E-state index contributed by atoms with van der Waals surface area (Å²) in [4.78, 5) is 11.5. The number of benzene rings is 2. The highest BCUT2D eigenvalue weighted by Gasteiger charge is 2.12. The van der Waals surface area contributed by atoms with Gasteiger partial charge in [-0.2, -0.15) is 0 Å². The summed E-state index contributed by atoms with van der Waals surface area (Å²) in [5.74, 6) is 0.706. The van der Waals surface area contributed by atoms with Gasteiger partial charge in [-0.1, -0.05) is 37.3 Å². The summed E-state index contributed by atoms with van der Waals surface area (Å²) >= 11 is 0. The lowest BCUT2D eigenvalue weighted by Gasteiger charge is -2.18. The van der Waals surface area contributed by atoms with Crippen molar-refractivity contribution in [1.82, 2.24) is 0 Å². The Kier molecular flexibility index (Phi) is 3.96. The molecule has 0 bridgehead atoms. The van der Waals surface area contributed by atoms with Gasteiger partial charge in [0.1, 0.15) is 17.4 Å². The van der Waals surface area contributed by atoms with E-state index < -0.39 is 0 Å². The lowest BCUT2D eigenvalue weighted by Crippen LogP contribution is -2.06. The van der Waals surface area contributed by atoms with Crippen LogP contribution in [-0.2, 0) is 0 Å².